The van der Waals surface area contributed by atoms with E-state index in [1.807, 2.05) is 24.4 Å². The molecule has 1 aliphatic rings. The van der Waals surface area contributed by atoms with Crippen LogP contribution in [0.3, 0.4) is 0 Å². The minimum Gasteiger partial charge on any atom is -0.466 e. The summed E-state index contributed by atoms with van der Waals surface area (Å²) in [6.45, 7) is 4.87. The van der Waals surface area contributed by atoms with Crippen molar-refractivity contribution >= 4 is 57.6 Å². The third-order valence-electron chi connectivity index (χ3n) is 3.61. The number of thiophene rings is 1. The molecular weight excluding hydrogens is 362 g/mol. The van der Waals surface area contributed by atoms with Crippen LogP contribution in [-0.4, -0.2) is 34.2 Å². The van der Waals surface area contributed by atoms with Gasteiger partial charge in [-0.15, -0.1) is 11.3 Å². The van der Waals surface area contributed by atoms with Crippen LogP contribution in [0.25, 0.3) is 6.08 Å². The van der Waals surface area contributed by atoms with Gasteiger partial charge in [0.15, 0.2) is 0 Å². The van der Waals surface area contributed by atoms with E-state index in [0.717, 1.165) is 24.1 Å². The van der Waals surface area contributed by atoms with E-state index < -0.39 is 0 Å². The van der Waals surface area contributed by atoms with E-state index >= 15 is 0 Å². The summed E-state index contributed by atoms with van der Waals surface area (Å²) in [4.78, 5) is 27.2. The van der Waals surface area contributed by atoms with E-state index in [1.54, 1.807) is 23.2 Å². The summed E-state index contributed by atoms with van der Waals surface area (Å²) >= 11 is 8.32. The van der Waals surface area contributed by atoms with Crippen molar-refractivity contribution in [3.8, 4) is 0 Å². The lowest BCUT2D eigenvalue weighted by Gasteiger charge is -2.13. The maximum atomic E-state index is 12.5. The minimum absolute atomic E-state index is 0.0109. The van der Waals surface area contributed by atoms with Gasteiger partial charge in [0.2, 0.25) is 0 Å². The number of nitrogens with zero attached hydrogens (tertiary/aromatic N) is 1. The fourth-order valence-electron chi connectivity index (χ4n) is 2.29. The molecule has 0 unspecified atom stereocenters. The number of unbranched alkanes of at least 4 members (excludes halogenated alkanes) is 2. The standard InChI is InChI=1S/C17H21NO3S3/c1-3-21-15(19)7-5-4-6-9-18-16(20)14(24-17(18)22)11-13-12(2)8-10-23-13/h8,10-11H,3-7,9H2,1-2H3/b14-11+. The Balaban J connectivity index is 1.81. The number of hydrogen-bond acceptors (Lipinski definition) is 6. The Morgan fingerprint density at radius 2 is 2.17 bits per heavy atom. The van der Waals surface area contributed by atoms with Crippen LogP contribution in [0.1, 0.15) is 43.0 Å². The predicted octanol–water partition coefficient (Wildman–Crippen LogP) is 4.38. The molecule has 1 aromatic rings. The monoisotopic (exact) mass is 383 g/mol. The first-order valence-corrected chi connectivity index (χ1v) is 10.1. The van der Waals surface area contributed by atoms with E-state index in [1.165, 1.54) is 17.3 Å². The Hall–Kier alpha value is -1.18. The van der Waals surface area contributed by atoms with Gasteiger partial charge in [0.05, 0.1) is 11.5 Å². The van der Waals surface area contributed by atoms with Crippen molar-refractivity contribution in [1.82, 2.24) is 4.90 Å². The Kier molecular flexibility index (Phi) is 7.45. The first kappa shape index (κ1) is 19.1. The molecule has 2 rings (SSSR count). The lowest BCUT2D eigenvalue weighted by molar-refractivity contribution is -0.143. The first-order chi connectivity index (χ1) is 11.5. The average molecular weight is 384 g/mol. The molecule has 1 aromatic heterocycles. The quantitative estimate of drug-likeness (QED) is 0.288. The van der Waals surface area contributed by atoms with Gasteiger partial charge in [-0.3, -0.25) is 14.5 Å². The van der Waals surface area contributed by atoms with Crippen LogP contribution in [0.2, 0.25) is 0 Å². The second-order valence-electron chi connectivity index (χ2n) is 5.42. The molecule has 7 heteroatoms. The van der Waals surface area contributed by atoms with Crippen LogP contribution < -0.4 is 0 Å². The van der Waals surface area contributed by atoms with Gasteiger partial charge >= 0.3 is 5.97 Å². The molecule has 1 saturated heterocycles. The van der Waals surface area contributed by atoms with E-state index in [4.69, 9.17) is 17.0 Å². The van der Waals surface area contributed by atoms with Crippen LogP contribution >= 0.6 is 35.3 Å². The maximum Gasteiger partial charge on any atom is 0.305 e. The molecule has 2 heterocycles. The molecule has 1 aliphatic heterocycles. The van der Waals surface area contributed by atoms with Crippen LogP contribution in [0.5, 0.6) is 0 Å². The molecule has 4 nitrogen and oxygen atoms in total. The van der Waals surface area contributed by atoms with Gasteiger partial charge in [-0.05, 0) is 49.8 Å². The zero-order valence-electron chi connectivity index (χ0n) is 13.9. The average Bonchev–Trinajstić information content (AvgIpc) is 3.05. The van der Waals surface area contributed by atoms with Crippen LogP contribution in [0, 0.1) is 6.92 Å². The van der Waals surface area contributed by atoms with E-state index in [-0.39, 0.29) is 11.9 Å². The summed E-state index contributed by atoms with van der Waals surface area (Å²) in [5.74, 6) is -0.166. The summed E-state index contributed by atoms with van der Waals surface area (Å²) in [5.41, 5.74) is 1.17. The van der Waals surface area contributed by atoms with Gasteiger partial charge in [-0.1, -0.05) is 30.4 Å². The third-order valence-corrected chi connectivity index (χ3v) is 5.95. The zero-order chi connectivity index (χ0) is 17.5. The highest BCUT2D eigenvalue weighted by Crippen LogP contribution is 2.34. The third kappa shape index (κ3) is 5.16. The lowest BCUT2D eigenvalue weighted by atomic mass is 10.2. The smallest absolute Gasteiger partial charge is 0.305 e. The number of hydrogen-bond donors (Lipinski definition) is 0. The van der Waals surface area contributed by atoms with Gasteiger partial charge in [-0.2, -0.15) is 0 Å². The predicted molar refractivity (Wildman–Crippen MR) is 104 cm³/mol. The van der Waals surface area contributed by atoms with Crippen molar-refractivity contribution in [2.45, 2.75) is 39.5 Å². The van der Waals surface area contributed by atoms with E-state index in [2.05, 4.69) is 0 Å². The lowest BCUT2D eigenvalue weighted by Crippen LogP contribution is -2.29. The molecule has 24 heavy (non-hydrogen) atoms. The highest BCUT2D eigenvalue weighted by molar-refractivity contribution is 8.26. The van der Waals surface area contributed by atoms with E-state index in [9.17, 15) is 9.59 Å². The van der Waals surface area contributed by atoms with Crippen molar-refractivity contribution < 1.29 is 14.3 Å². The molecule has 0 aliphatic carbocycles. The molecule has 130 valence electrons. The van der Waals surface area contributed by atoms with Gasteiger partial charge in [-0.25, -0.2) is 0 Å². The number of aryl methyl sites for hydroxylation is 1. The second kappa shape index (κ2) is 9.34. The highest BCUT2D eigenvalue weighted by atomic mass is 32.2. The number of carbonyl (C=O) groups excluding carboxylic acids is 2. The first-order valence-electron chi connectivity index (χ1n) is 7.98. The maximum absolute atomic E-state index is 12.5. The summed E-state index contributed by atoms with van der Waals surface area (Å²) in [6.07, 6.45) is 4.85. The van der Waals surface area contributed by atoms with Crippen molar-refractivity contribution in [1.29, 1.82) is 0 Å². The Bertz CT molecular complexity index is 651. The summed E-state index contributed by atoms with van der Waals surface area (Å²) in [7, 11) is 0. The normalized spacial score (nSPS) is 16.2. The number of carbonyl (C=O) groups is 2. The fourth-order valence-corrected chi connectivity index (χ4v) is 4.52. The fraction of sp³-hybridized carbons (Fsp3) is 0.471. The van der Waals surface area contributed by atoms with Crippen molar-refractivity contribution in [3.63, 3.8) is 0 Å². The Morgan fingerprint density at radius 3 is 2.83 bits per heavy atom. The number of ether oxygens (including phenoxy) is 1. The number of esters is 1. The van der Waals surface area contributed by atoms with Gasteiger partial charge in [0.25, 0.3) is 5.91 Å². The van der Waals surface area contributed by atoms with Crippen LogP contribution in [0.4, 0.5) is 0 Å². The molecule has 0 aromatic carbocycles. The number of thiocarbonyl (C=S) groups is 1. The molecule has 1 fully saturated rings. The van der Waals surface area contributed by atoms with Crippen molar-refractivity contribution in [2.24, 2.45) is 0 Å². The summed E-state index contributed by atoms with van der Waals surface area (Å²) in [5, 5.41) is 2.02. The second-order valence-corrected chi connectivity index (χ2v) is 8.04. The topological polar surface area (TPSA) is 46.6 Å². The van der Waals surface area contributed by atoms with Crippen LogP contribution in [0.15, 0.2) is 16.4 Å². The molecule has 0 spiro atoms. The summed E-state index contributed by atoms with van der Waals surface area (Å²) in [6, 6.07) is 2.04. The SMILES string of the molecule is CCOC(=O)CCCCCN1C(=O)/C(=C\c2sccc2C)SC1=S. The van der Waals surface area contributed by atoms with Gasteiger partial charge in [0, 0.05) is 17.8 Å². The highest BCUT2D eigenvalue weighted by Gasteiger charge is 2.31. The van der Waals surface area contributed by atoms with Crippen LogP contribution in [-0.2, 0) is 14.3 Å². The molecule has 0 saturated carbocycles. The minimum atomic E-state index is -0.155. The number of rotatable bonds is 8. The molecular formula is C17H21NO3S3. The van der Waals surface area contributed by atoms with Gasteiger partial charge in [0.1, 0.15) is 4.32 Å². The molecule has 0 atom stereocenters. The zero-order valence-corrected chi connectivity index (χ0v) is 16.3. The molecule has 0 N–H and O–H groups in total. The van der Waals surface area contributed by atoms with Crippen molar-refractivity contribution in [3.05, 3.63) is 26.8 Å². The largest absolute Gasteiger partial charge is 0.466 e. The molecule has 1 amide bonds. The Morgan fingerprint density at radius 1 is 1.38 bits per heavy atom. The Labute approximate surface area is 156 Å². The summed E-state index contributed by atoms with van der Waals surface area (Å²) < 4.78 is 5.51. The van der Waals surface area contributed by atoms with E-state index in [0.29, 0.717) is 28.8 Å². The number of amides is 1. The van der Waals surface area contributed by atoms with Gasteiger partial charge < -0.3 is 4.74 Å². The van der Waals surface area contributed by atoms with Crippen molar-refractivity contribution in [2.75, 3.05) is 13.2 Å². The molecule has 0 radical (unpaired) electrons. The number of thioether (sulfide) groups is 1. The molecule has 0 bridgehead atoms.